The number of nitrogens with zero attached hydrogens (tertiary/aromatic N) is 2. The molecule has 2 aliphatic heterocycles. The van der Waals surface area contributed by atoms with Crippen LogP contribution >= 0.6 is 0 Å². The van der Waals surface area contributed by atoms with Gasteiger partial charge in [-0.1, -0.05) is 29.4 Å². The molecule has 2 heterocycles. The first-order valence-electron chi connectivity index (χ1n) is 8.60. The van der Waals surface area contributed by atoms with Crippen molar-refractivity contribution in [2.45, 2.75) is 25.4 Å². The Bertz CT molecular complexity index is 810. The Hall–Kier alpha value is -3.23. The Morgan fingerprint density at radius 3 is 2.37 bits per heavy atom. The monoisotopic (exact) mass is 372 g/mol. The molecule has 1 amide bonds. The van der Waals surface area contributed by atoms with Gasteiger partial charge < -0.3 is 20.6 Å². The molecule has 142 valence electrons. The van der Waals surface area contributed by atoms with Crippen molar-refractivity contribution >= 4 is 29.2 Å². The molecule has 9 heteroatoms. The number of Topliss-reactive ketones (excluding diaryl/α,β-unsaturated/α-hetero) is 1. The van der Waals surface area contributed by atoms with Crippen LogP contribution in [0, 0.1) is 11.3 Å². The molecule has 0 saturated carbocycles. The maximum Gasteiger partial charge on any atom is 0.372 e. The zero-order valence-corrected chi connectivity index (χ0v) is 14.6. The van der Waals surface area contributed by atoms with Gasteiger partial charge in [0.25, 0.3) is 5.91 Å². The molecule has 1 saturated heterocycles. The highest BCUT2D eigenvalue weighted by molar-refractivity contribution is 6.33. The first-order chi connectivity index (χ1) is 12.9. The quantitative estimate of drug-likeness (QED) is 0.386. The number of oxime groups is 1. The van der Waals surface area contributed by atoms with Gasteiger partial charge in [-0.2, -0.15) is 0 Å². The molecule has 4 N–H and O–H groups in total. The smallest absolute Gasteiger partial charge is 0.372 e. The zero-order chi connectivity index (χ0) is 19.6. The lowest BCUT2D eigenvalue weighted by molar-refractivity contribution is -0.152. The molecule has 3 rings (SSSR count). The predicted octanol–water partition coefficient (Wildman–Crippen LogP) is 0.356. The average molecular weight is 372 g/mol. The van der Waals surface area contributed by atoms with Crippen LogP contribution in [0.3, 0.4) is 0 Å². The summed E-state index contributed by atoms with van der Waals surface area (Å²) in [5.41, 5.74) is 7.46. The van der Waals surface area contributed by atoms with Gasteiger partial charge in [0.15, 0.2) is 0 Å². The van der Waals surface area contributed by atoms with E-state index in [1.807, 2.05) is 0 Å². The van der Waals surface area contributed by atoms with E-state index in [9.17, 15) is 14.4 Å². The third kappa shape index (κ3) is 3.97. The van der Waals surface area contributed by atoms with Crippen LogP contribution < -0.4 is 5.73 Å². The van der Waals surface area contributed by atoms with Crippen LogP contribution in [-0.4, -0.2) is 58.4 Å². The van der Waals surface area contributed by atoms with Crippen molar-refractivity contribution in [3.05, 3.63) is 35.4 Å². The summed E-state index contributed by atoms with van der Waals surface area (Å²) < 4.78 is 0. The molecule has 1 fully saturated rings. The summed E-state index contributed by atoms with van der Waals surface area (Å²) in [6.07, 6.45) is 0.277. The molecule has 0 radical (unpaired) electrons. The maximum atomic E-state index is 12.6. The Kier molecular flexibility index (Phi) is 5.20. The maximum absolute atomic E-state index is 12.6. The standard InChI is InChI=1S/C18H20N4O5/c19-16(20)12-3-1-10(2-4-12)13-9-14(27-21-13)17(24)22-7-5-11(6-8-22)15(23)18(25)26/h1-4,11,14H,5-9H2,(H3,19,20)(H,25,26). The van der Waals surface area contributed by atoms with Gasteiger partial charge in [-0.05, 0) is 18.4 Å². The number of carboxylic acids is 1. The Morgan fingerprint density at radius 2 is 1.81 bits per heavy atom. The van der Waals surface area contributed by atoms with E-state index in [1.54, 1.807) is 29.2 Å². The molecule has 1 atom stereocenters. The van der Waals surface area contributed by atoms with Crippen molar-refractivity contribution in [3.8, 4) is 0 Å². The topological polar surface area (TPSA) is 146 Å². The number of likely N-dealkylation sites (tertiary alicyclic amines) is 1. The van der Waals surface area contributed by atoms with E-state index >= 15 is 0 Å². The van der Waals surface area contributed by atoms with Gasteiger partial charge in [0, 0.05) is 31.0 Å². The summed E-state index contributed by atoms with van der Waals surface area (Å²) in [6.45, 7) is 0.649. The number of amides is 1. The van der Waals surface area contributed by atoms with Crippen molar-refractivity contribution < 1.29 is 24.3 Å². The number of carboxylic acid groups (broad SMARTS) is 1. The summed E-state index contributed by atoms with van der Waals surface area (Å²) in [5.74, 6) is -2.99. The second kappa shape index (κ2) is 7.56. The van der Waals surface area contributed by atoms with Gasteiger partial charge in [0.2, 0.25) is 11.9 Å². The Labute approximate surface area is 155 Å². The molecule has 1 aromatic carbocycles. The highest BCUT2D eigenvalue weighted by Gasteiger charge is 2.36. The van der Waals surface area contributed by atoms with E-state index in [0.29, 0.717) is 43.6 Å². The van der Waals surface area contributed by atoms with Gasteiger partial charge in [0.1, 0.15) is 5.84 Å². The van der Waals surface area contributed by atoms with E-state index in [4.69, 9.17) is 21.1 Å². The van der Waals surface area contributed by atoms with Crippen LogP contribution in [0.15, 0.2) is 29.4 Å². The van der Waals surface area contributed by atoms with Gasteiger partial charge in [-0.25, -0.2) is 4.79 Å². The molecule has 9 nitrogen and oxygen atoms in total. The van der Waals surface area contributed by atoms with Crippen molar-refractivity contribution in [2.75, 3.05) is 13.1 Å². The van der Waals surface area contributed by atoms with Crippen LogP contribution in [0.2, 0.25) is 0 Å². The van der Waals surface area contributed by atoms with E-state index in [0.717, 1.165) is 5.56 Å². The van der Waals surface area contributed by atoms with Crippen molar-refractivity contribution in [1.29, 1.82) is 5.41 Å². The number of hydrogen-bond donors (Lipinski definition) is 3. The lowest BCUT2D eigenvalue weighted by Crippen LogP contribution is -2.45. The molecule has 0 aliphatic carbocycles. The number of aliphatic carboxylic acids is 1. The second-order valence-electron chi connectivity index (χ2n) is 6.60. The predicted molar refractivity (Wildman–Crippen MR) is 95.4 cm³/mol. The largest absolute Gasteiger partial charge is 0.475 e. The molecule has 27 heavy (non-hydrogen) atoms. The molecule has 0 aromatic heterocycles. The van der Waals surface area contributed by atoms with Crippen LogP contribution in [0.1, 0.15) is 30.4 Å². The molecule has 1 aromatic rings. The fraction of sp³-hybridized carbons (Fsp3) is 0.389. The molecular weight excluding hydrogens is 352 g/mol. The number of benzene rings is 1. The molecule has 2 aliphatic rings. The van der Waals surface area contributed by atoms with Crippen molar-refractivity contribution in [2.24, 2.45) is 16.8 Å². The normalized spacial score (nSPS) is 19.9. The molecular formula is C18H20N4O5. The number of rotatable bonds is 5. The summed E-state index contributed by atoms with van der Waals surface area (Å²) in [5, 5.41) is 20.2. The summed E-state index contributed by atoms with van der Waals surface area (Å²) >= 11 is 0. The number of carbonyl (C=O) groups excluding carboxylic acids is 2. The third-order valence-electron chi connectivity index (χ3n) is 4.86. The number of hydrogen-bond acceptors (Lipinski definition) is 6. The molecule has 0 spiro atoms. The highest BCUT2D eigenvalue weighted by atomic mass is 16.6. The lowest BCUT2D eigenvalue weighted by Gasteiger charge is -2.31. The molecule has 1 unspecified atom stereocenters. The minimum absolute atomic E-state index is 0.0241. The summed E-state index contributed by atoms with van der Waals surface area (Å²) in [6, 6.07) is 6.96. The second-order valence-corrected chi connectivity index (χ2v) is 6.60. The Morgan fingerprint density at radius 1 is 1.19 bits per heavy atom. The number of nitrogens with two attached hydrogens (primary N) is 1. The van der Waals surface area contributed by atoms with Gasteiger partial charge in [0.05, 0.1) is 5.71 Å². The number of carbonyl (C=O) groups is 3. The number of nitrogens with one attached hydrogen (secondary N) is 1. The SMILES string of the molecule is N=C(N)c1ccc(C2=NOC(C(=O)N3CCC(C(=O)C(=O)O)CC3)C2)cc1. The van der Waals surface area contributed by atoms with Crippen molar-refractivity contribution in [3.63, 3.8) is 0 Å². The minimum Gasteiger partial charge on any atom is -0.475 e. The lowest BCUT2D eigenvalue weighted by atomic mass is 9.92. The van der Waals surface area contributed by atoms with Crippen LogP contribution in [0.25, 0.3) is 0 Å². The minimum atomic E-state index is -1.42. The number of ketones is 1. The van der Waals surface area contributed by atoms with E-state index in [-0.39, 0.29) is 11.7 Å². The summed E-state index contributed by atoms with van der Waals surface area (Å²) in [4.78, 5) is 41.8. The fourth-order valence-corrected chi connectivity index (χ4v) is 3.26. The van der Waals surface area contributed by atoms with Crippen LogP contribution in [0.4, 0.5) is 0 Å². The summed E-state index contributed by atoms with van der Waals surface area (Å²) in [7, 11) is 0. The Balaban J connectivity index is 1.55. The first kappa shape index (κ1) is 18.6. The fourth-order valence-electron chi connectivity index (χ4n) is 3.26. The zero-order valence-electron chi connectivity index (χ0n) is 14.6. The number of nitrogen functional groups attached to an aromatic ring is 1. The van der Waals surface area contributed by atoms with E-state index in [2.05, 4.69) is 5.16 Å². The van der Waals surface area contributed by atoms with Crippen molar-refractivity contribution in [1.82, 2.24) is 4.90 Å². The number of piperidine rings is 1. The van der Waals surface area contributed by atoms with Gasteiger partial charge in [-0.3, -0.25) is 15.0 Å². The van der Waals surface area contributed by atoms with Gasteiger partial charge in [-0.15, -0.1) is 0 Å². The van der Waals surface area contributed by atoms with Crippen LogP contribution in [0.5, 0.6) is 0 Å². The average Bonchev–Trinajstić information content (AvgIpc) is 3.17. The molecule has 0 bridgehead atoms. The third-order valence-corrected chi connectivity index (χ3v) is 4.86. The van der Waals surface area contributed by atoms with E-state index in [1.165, 1.54) is 0 Å². The van der Waals surface area contributed by atoms with Gasteiger partial charge >= 0.3 is 5.97 Å². The highest BCUT2D eigenvalue weighted by Crippen LogP contribution is 2.23. The number of amidine groups is 1. The first-order valence-corrected chi connectivity index (χ1v) is 8.60. The van der Waals surface area contributed by atoms with Crippen LogP contribution in [-0.2, 0) is 19.2 Å². The van der Waals surface area contributed by atoms with E-state index < -0.39 is 23.8 Å².